The smallest absolute Gasteiger partial charge is 0.286 e. The number of nitrogens with zero attached hydrogens (tertiary/aromatic N) is 2. The molecule has 0 saturated carbocycles. The molecule has 1 aromatic carbocycles. The molecule has 0 bridgehead atoms. The molecule has 1 fully saturated rings. The number of morpholine rings is 1. The van der Waals surface area contributed by atoms with Gasteiger partial charge in [0.15, 0.2) is 16.7 Å². The lowest BCUT2D eigenvalue weighted by Gasteiger charge is -2.27. The first-order valence-corrected chi connectivity index (χ1v) is 11.7. The SMILES string of the molecule is CCCCCCCCOc1ccc(/C=C2\SC(N3CCOCC3)=NC2=O)cc1OC. The second kappa shape index (κ2) is 12.0. The number of benzene rings is 1. The summed E-state index contributed by atoms with van der Waals surface area (Å²) in [5.41, 5.74) is 0.896. The number of hydrogen-bond acceptors (Lipinski definition) is 6. The fraction of sp³-hybridized carbons (Fsp3) is 0.565. The number of aliphatic imine (C=N–C) groups is 1. The molecule has 0 unspecified atom stereocenters. The first kappa shape index (κ1) is 22.7. The van der Waals surface area contributed by atoms with E-state index >= 15 is 0 Å². The van der Waals surface area contributed by atoms with Gasteiger partial charge < -0.3 is 19.1 Å². The minimum atomic E-state index is -0.191. The third-order valence-electron chi connectivity index (χ3n) is 5.13. The zero-order chi connectivity index (χ0) is 21.2. The van der Waals surface area contributed by atoms with E-state index in [2.05, 4.69) is 16.8 Å². The number of rotatable bonds is 10. The van der Waals surface area contributed by atoms with Gasteiger partial charge in [-0.15, -0.1) is 0 Å². The van der Waals surface area contributed by atoms with E-state index in [4.69, 9.17) is 14.2 Å². The molecule has 0 aliphatic carbocycles. The van der Waals surface area contributed by atoms with Gasteiger partial charge in [-0.1, -0.05) is 45.1 Å². The van der Waals surface area contributed by atoms with Gasteiger partial charge >= 0.3 is 0 Å². The van der Waals surface area contributed by atoms with Gasteiger partial charge in [-0.2, -0.15) is 4.99 Å². The fourth-order valence-corrected chi connectivity index (χ4v) is 4.36. The summed E-state index contributed by atoms with van der Waals surface area (Å²) in [5, 5.41) is 0.764. The summed E-state index contributed by atoms with van der Waals surface area (Å²) in [6.45, 7) is 5.80. The molecule has 30 heavy (non-hydrogen) atoms. The Labute approximate surface area is 183 Å². The van der Waals surface area contributed by atoms with Crippen LogP contribution in [0.3, 0.4) is 0 Å². The normalized spacial score (nSPS) is 18.1. The average molecular weight is 433 g/mol. The van der Waals surface area contributed by atoms with Crippen LogP contribution in [0.2, 0.25) is 0 Å². The first-order valence-electron chi connectivity index (χ1n) is 10.9. The lowest BCUT2D eigenvalue weighted by molar-refractivity contribution is -0.113. The van der Waals surface area contributed by atoms with Crippen molar-refractivity contribution in [3.8, 4) is 11.5 Å². The number of hydrogen-bond donors (Lipinski definition) is 0. The van der Waals surface area contributed by atoms with Gasteiger partial charge in [0.25, 0.3) is 5.91 Å². The van der Waals surface area contributed by atoms with Gasteiger partial charge in [0.05, 0.1) is 31.8 Å². The molecule has 1 aromatic rings. The molecule has 1 amide bonds. The van der Waals surface area contributed by atoms with Gasteiger partial charge in [0.2, 0.25) is 0 Å². The maximum atomic E-state index is 12.3. The van der Waals surface area contributed by atoms with E-state index in [-0.39, 0.29) is 5.91 Å². The van der Waals surface area contributed by atoms with Crippen LogP contribution < -0.4 is 9.47 Å². The van der Waals surface area contributed by atoms with Crippen LogP contribution in [-0.4, -0.2) is 56.0 Å². The molecule has 0 radical (unpaired) electrons. The molecule has 0 N–H and O–H groups in total. The topological polar surface area (TPSA) is 60.4 Å². The summed E-state index contributed by atoms with van der Waals surface area (Å²) in [7, 11) is 1.64. The molecular weight excluding hydrogens is 400 g/mol. The summed E-state index contributed by atoms with van der Waals surface area (Å²) in [6.07, 6.45) is 9.25. The fourth-order valence-electron chi connectivity index (χ4n) is 3.40. The molecule has 3 rings (SSSR count). The number of thioether (sulfide) groups is 1. The highest BCUT2D eigenvalue weighted by Crippen LogP contribution is 2.33. The van der Waals surface area contributed by atoms with Crippen molar-refractivity contribution in [3.05, 3.63) is 28.7 Å². The van der Waals surface area contributed by atoms with Crippen LogP contribution in [0.4, 0.5) is 0 Å². The molecule has 2 heterocycles. The standard InChI is InChI=1S/C23H32N2O4S/c1-3-4-5-6-7-8-13-29-19-10-9-18(16-20(19)27-2)17-21-22(26)24-23(30-21)25-11-14-28-15-12-25/h9-10,16-17H,3-8,11-15H2,1-2H3/b21-17-. The highest BCUT2D eigenvalue weighted by Gasteiger charge is 2.27. The Kier molecular flexibility index (Phi) is 9.08. The van der Waals surface area contributed by atoms with Gasteiger partial charge in [0, 0.05) is 13.1 Å². The van der Waals surface area contributed by atoms with Crippen LogP contribution in [0.15, 0.2) is 28.1 Å². The summed E-state index contributed by atoms with van der Waals surface area (Å²) < 4.78 is 16.8. The predicted octanol–water partition coefficient (Wildman–Crippen LogP) is 4.74. The van der Waals surface area contributed by atoms with Crippen LogP contribution in [0.5, 0.6) is 11.5 Å². The average Bonchev–Trinajstić information content (AvgIpc) is 3.14. The van der Waals surface area contributed by atoms with Crippen molar-refractivity contribution in [3.63, 3.8) is 0 Å². The lowest BCUT2D eigenvalue weighted by Crippen LogP contribution is -2.38. The Hall–Kier alpha value is -1.99. The van der Waals surface area contributed by atoms with Crippen molar-refractivity contribution in [2.75, 3.05) is 40.0 Å². The van der Waals surface area contributed by atoms with Gasteiger partial charge in [-0.25, -0.2) is 0 Å². The Bertz CT molecular complexity index is 772. The lowest BCUT2D eigenvalue weighted by atomic mass is 10.1. The van der Waals surface area contributed by atoms with E-state index in [1.54, 1.807) is 7.11 Å². The second-order valence-corrected chi connectivity index (χ2v) is 8.45. The van der Waals surface area contributed by atoms with Crippen LogP contribution in [0.1, 0.15) is 51.0 Å². The highest BCUT2D eigenvalue weighted by molar-refractivity contribution is 8.18. The van der Waals surface area contributed by atoms with E-state index in [1.165, 1.54) is 43.9 Å². The van der Waals surface area contributed by atoms with E-state index in [1.807, 2.05) is 24.3 Å². The summed E-state index contributed by atoms with van der Waals surface area (Å²) in [5.74, 6) is 1.23. The Morgan fingerprint density at radius 2 is 1.90 bits per heavy atom. The monoisotopic (exact) mass is 432 g/mol. The van der Waals surface area contributed by atoms with Crippen LogP contribution in [0, 0.1) is 0 Å². The largest absolute Gasteiger partial charge is 0.493 e. The molecule has 6 nitrogen and oxygen atoms in total. The van der Waals surface area contributed by atoms with Crippen molar-refractivity contribution in [1.82, 2.24) is 4.90 Å². The predicted molar refractivity (Wildman–Crippen MR) is 122 cm³/mol. The molecule has 1 saturated heterocycles. The minimum Gasteiger partial charge on any atom is -0.493 e. The van der Waals surface area contributed by atoms with Crippen LogP contribution in [0.25, 0.3) is 6.08 Å². The van der Waals surface area contributed by atoms with Gasteiger partial charge in [-0.3, -0.25) is 4.79 Å². The highest BCUT2D eigenvalue weighted by atomic mass is 32.2. The van der Waals surface area contributed by atoms with Crippen molar-refractivity contribution in [2.24, 2.45) is 4.99 Å². The van der Waals surface area contributed by atoms with Crippen molar-refractivity contribution >= 4 is 28.9 Å². The van der Waals surface area contributed by atoms with Crippen molar-refractivity contribution < 1.29 is 19.0 Å². The second-order valence-electron chi connectivity index (χ2n) is 7.44. The van der Waals surface area contributed by atoms with Crippen LogP contribution >= 0.6 is 11.8 Å². The molecule has 2 aliphatic rings. The van der Waals surface area contributed by atoms with Crippen LogP contribution in [-0.2, 0) is 9.53 Å². The zero-order valence-corrected chi connectivity index (χ0v) is 18.8. The molecule has 0 spiro atoms. The third kappa shape index (κ3) is 6.51. The first-order chi connectivity index (χ1) is 14.7. The van der Waals surface area contributed by atoms with E-state index < -0.39 is 0 Å². The number of amides is 1. The van der Waals surface area contributed by atoms with Crippen molar-refractivity contribution in [2.45, 2.75) is 45.4 Å². The number of ether oxygens (including phenoxy) is 3. The third-order valence-corrected chi connectivity index (χ3v) is 6.18. The maximum Gasteiger partial charge on any atom is 0.286 e. The minimum absolute atomic E-state index is 0.191. The van der Waals surface area contributed by atoms with Gasteiger partial charge in [-0.05, 0) is 42.0 Å². The Balaban J connectivity index is 1.55. The van der Waals surface area contributed by atoms with E-state index in [0.717, 1.165) is 36.0 Å². The molecule has 0 atom stereocenters. The summed E-state index contributed by atoms with van der Waals surface area (Å²) in [4.78, 5) is 19.3. The molecule has 7 heteroatoms. The molecular formula is C23H32N2O4S. The number of carbonyl (C=O) groups excluding carboxylic acids is 1. The number of methoxy groups -OCH3 is 1. The Morgan fingerprint density at radius 3 is 2.67 bits per heavy atom. The molecule has 2 aliphatic heterocycles. The maximum absolute atomic E-state index is 12.3. The van der Waals surface area contributed by atoms with Gasteiger partial charge in [0.1, 0.15) is 0 Å². The van der Waals surface area contributed by atoms with E-state index in [0.29, 0.717) is 30.5 Å². The summed E-state index contributed by atoms with van der Waals surface area (Å²) >= 11 is 1.42. The number of unbranched alkanes of at least 4 members (excludes halogenated alkanes) is 5. The zero-order valence-electron chi connectivity index (χ0n) is 18.0. The molecule has 0 aromatic heterocycles. The van der Waals surface area contributed by atoms with Crippen molar-refractivity contribution in [1.29, 1.82) is 0 Å². The number of carbonyl (C=O) groups is 1. The number of amidine groups is 1. The van der Waals surface area contributed by atoms with E-state index in [9.17, 15) is 4.79 Å². The molecule has 164 valence electrons. The summed E-state index contributed by atoms with van der Waals surface area (Å²) in [6, 6.07) is 5.77. The quantitative estimate of drug-likeness (QED) is 0.393. The Morgan fingerprint density at radius 1 is 1.13 bits per heavy atom.